The molecule has 0 spiro atoms. The first-order valence-electron chi connectivity index (χ1n) is 9.62. The molecule has 4 heteroatoms. The molecular formula is C25H25NO3. The van der Waals surface area contributed by atoms with Crippen LogP contribution in [0.5, 0.6) is 11.5 Å². The van der Waals surface area contributed by atoms with Gasteiger partial charge in [-0.25, -0.2) is 0 Å². The Morgan fingerprint density at radius 2 is 1.62 bits per heavy atom. The Morgan fingerprint density at radius 1 is 0.862 bits per heavy atom. The Kier molecular flexibility index (Phi) is 5.28. The van der Waals surface area contributed by atoms with Gasteiger partial charge in [-0.1, -0.05) is 48.5 Å². The van der Waals surface area contributed by atoms with Crippen molar-refractivity contribution in [3.05, 3.63) is 95.2 Å². The van der Waals surface area contributed by atoms with E-state index in [4.69, 9.17) is 9.47 Å². The third kappa shape index (κ3) is 3.36. The van der Waals surface area contributed by atoms with E-state index in [-0.39, 0.29) is 12.5 Å². The lowest BCUT2D eigenvalue weighted by molar-refractivity contribution is 0.280. The van der Waals surface area contributed by atoms with Gasteiger partial charge in [0, 0.05) is 41.7 Å². The Labute approximate surface area is 170 Å². The third-order valence-electron chi connectivity index (χ3n) is 5.53. The Morgan fingerprint density at radius 3 is 2.38 bits per heavy atom. The number of aryl methyl sites for hydroxylation is 1. The topological polar surface area (TPSA) is 43.6 Å². The van der Waals surface area contributed by atoms with E-state index in [0.717, 1.165) is 28.2 Å². The van der Waals surface area contributed by atoms with Crippen molar-refractivity contribution in [3.63, 3.8) is 0 Å². The molecule has 1 unspecified atom stereocenters. The lowest BCUT2D eigenvalue weighted by Crippen LogP contribution is -2.08. The second kappa shape index (κ2) is 8.02. The van der Waals surface area contributed by atoms with Crippen LogP contribution in [0.1, 0.15) is 28.2 Å². The number of para-hydroxylation sites is 1. The maximum absolute atomic E-state index is 10.0. The van der Waals surface area contributed by atoms with E-state index in [1.54, 1.807) is 14.2 Å². The number of rotatable bonds is 6. The number of nitrogens with zero attached hydrogens (tertiary/aromatic N) is 1. The summed E-state index contributed by atoms with van der Waals surface area (Å²) in [4.78, 5) is 0. The van der Waals surface area contributed by atoms with Crippen molar-refractivity contribution in [1.82, 2.24) is 4.57 Å². The second-order valence-electron chi connectivity index (χ2n) is 7.11. The number of aliphatic hydroxyl groups is 1. The molecule has 1 aromatic heterocycles. The molecule has 0 fully saturated rings. The molecule has 0 aliphatic heterocycles. The van der Waals surface area contributed by atoms with Gasteiger partial charge in [-0.05, 0) is 28.8 Å². The molecule has 1 heterocycles. The van der Waals surface area contributed by atoms with Crippen LogP contribution in [0.3, 0.4) is 0 Å². The van der Waals surface area contributed by atoms with E-state index in [0.29, 0.717) is 0 Å². The highest BCUT2D eigenvalue weighted by molar-refractivity contribution is 5.86. The van der Waals surface area contributed by atoms with Crippen LogP contribution < -0.4 is 9.47 Å². The zero-order chi connectivity index (χ0) is 20.4. The largest absolute Gasteiger partial charge is 0.497 e. The smallest absolute Gasteiger partial charge is 0.126 e. The van der Waals surface area contributed by atoms with Gasteiger partial charge in [0.25, 0.3) is 0 Å². The van der Waals surface area contributed by atoms with Gasteiger partial charge in [-0.15, -0.1) is 0 Å². The summed E-state index contributed by atoms with van der Waals surface area (Å²) in [5.41, 5.74) is 5.35. The average molecular weight is 387 g/mol. The number of aromatic nitrogens is 1. The summed E-state index contributed by atoms with van der Waals surface area (Å²) in [6.45, 7) is -0.0179. The molecule has 0 bridgehead atoms. The first-order valence-corrected chi connectivity index (χ1v) is 9.62. The molecule has 3 aromatic carbocycles. The quantitative estimate of drug-likeness (QED) is 0.513. The SMILES string of the molecule is COc1ccc(C(c2ccccc2CO)c2cn(C)c3ccccc23)c(OC)c1. The normalized spacial score (nSPS) is 12.1. The number of hydrogen-bond acceptors (Lipinski definition) is 3. The average Bonchev–Trinajstić information content (AvgIpc) is 3.11. The molecular weight excluding hydrogens is 362 g/mol. The summed E-state index contributed by atoms with van der Waals surface area (Å²) in [6, 6.07) is 22.3. The molecule has 0 saturated heterocycles. The minimum absolute atomic E-state index is 0.0179. The summed E-state index contributed by atoms with van der Waals surface area (Å²) in [6.07, 6.45) is 2.17. The zero-order valence-electron chi connectivity index (χ0n) is 16.9. The number of fused-ring (bicyclic) bond motifs is 1. The van der Waals surface area contributed by atoms with Gasteiger partial charge in [0.15, 0.2) is 0 Å². The molecule has 0 aliphatic rings. The minimum Gasteiger partial charge on any atom is -0.497 e. The Bertz CT molecular complexity index is 1150. The molecule has 0 radical (unpaired) electrons. The van der Waals surface area contributed by atoms with Crippen LogP contribution in [0.15, 0.2) is 72.9 Å². The predicted octanol–water partition coefficient (Wildman–Crippen LogP) is 4.87. The summed E-state index contributed by atoms with van der Waals surface area (Å²) in [5.74, 6) is 1.41. The molecule has 0 saturated carbocycles. The highest BCUT2D eigenvalue weighted by Crippen LogP contribution is 2.42. The summed E-state index contributed by atoms with van der Waals surface area (Å²) >= 11 is 0. The Balaban J connectivity index is 2.03. The van der Waals surface area contributed by atoms with E-state index in [2.05, 4.69) is 54.2 Å². The first kappa shape index (κ1) is 19.1. The predicted molar refractivity (Wildman–Crippen MR) is 116 cm³/mol. The van der Waals surface area contributed by atoms with Gasteiger partial charge >= 0.3 is 0 Å². The minimum atomic E-state index is -0.0923. The van der Waals surface area contributed by atoms with Crippen molar-refractivity contribution in [2.75, 3.05) is 14.2 Å². The van der Waals surface area contributed by atoms with Crippen LogP contribution >= 0.6 is 0 Å². The van der Waals surface area contributed by atoms with E-state index in [1.807, 2.05) is 30.3 Å². The van der Waals surface area contributed by atoms with Gasteiger partial charge in [-0.2, -0.15) is 0 Å². The maximum Gasteiger partial charge on any atom is 0.126 e. The molecule has 4 aromatic rings. The van der Waals surface area contributed by atoms with Crippen LogP contribution in [-0.2, 0) is 13.7 Å². The lowest BCUT2D eigenvalue weighted by atomic mass is 9.82. The fourth-order valence-corrected chi connectivity index (χ4v) is 4.12. The van der Waals surface area contributed by atoms with Crippen molar-refractivity contribution in [2.24, 2.45) is 7.05 Å². The van der Waals surface area contributed by atoms with Crippen molar-refractivity contribution in [3.8, 4) is 11.5 Å². The van der Waals surface area contributed by atoms with E-state index in [9.17, 15) is 5.11 Å². The third-order valence-corrected chi connectivity index (χ3v) is 5.53. The van der Waals surface area contributed by atoms with Crippen LogP contribution in [0.25, 0.3) is 10.9 Å². The van der Waals surface area contributed by atoms with Gasteiger partial charge in [0.2, 0.25) is 0 Å². The van der Waals surface area contributed by atoms with Gasteiger partial charge in [0.05, 0.1) is 20.8 Å². The molecule has 148 valence electrons. The standard InChI is InChI=1S/C25H25NO3/c1-26-15-22(20-10-6-7-11-23(20)26)25(19-9-5-4-8-17(19)16-27)21-13-12-18(28-2)14-24(21)29-3/h4-15,25,27H,16H2,1-3H3. The fourth-order valence-electron chi connectivity index (χ4n) is 4.12. The van der Waals surface area contributed by atoms with Crippen molar-refractivity contribution in [1.29, 1.82) is 0 Å². The van der Waals surface area contributed by atoms with E-state index >= 15 is 0 Å². The van der Waals surface area contributed by atoms with Crippen LogP contribution in [0, 0.1) is 0 Å². The molecule has 4 nitrogen and oxygen atoms in total. The van der Waals surface area contributed by atoms with Crippen molar-refractivity contribution >= 4 is 10.9 Å². The molecule has 29 heavy (non-hydrogen) atoms. The van der Waals surface area contributed by atoms with Gasteiger partial charge in [-0.3, -0.25) is 0 Å². The number of aliphatic hydroxyl groups excluding tert-OH is 1. The van der Waals surface area contributed by atoms with Crippen LogP contribution in [-0.4, -0.2) is 23.9 Å². The summed E-state index contributed by atoms with van der Waals surface area (Å²) in [7, 11) is 5.39. The molecule has 0 amide bonds. The maximum atomic E-state index is 10.0. The fraction of sp³-hybridized carbons (Fsp3) is 0.200. The monoisotopic (exact) mass is 387 g/mol. The van der Waals surface area contributed by atoms with Crippen molar-refractivity contribution in [2.45, 2.75) is 12.5 Å². The number of benzene rings is 3. The molecule has 1 N–H and O–H groups in total. The second-order valence-corrected chi connectivity index (χ2v) is 7.11. The summed E-state index contributed by atoms with van der Waals surface area (Å²) < 4.78 is 13.3. The van der Waals surface area contributed by atoms with Crippen LogP contribution in [0.2, 0.25) is 0 Å². The number of hydrogen-bond donors (Lipinski definition) is 1. The molecule has 1 atom stereocenters. The van der Waals surface area contributed by atoms with E-state index < -0.39 is 0 Å². The highest BCUT2D eigenvalue weighted by Gasteiger charge is 2.26. The molecule has 0 aliphatic carbocycles. The van der Waals surface area contributed by atoms with E-state index in [1.165, 1.54) is 16.5 Å². The highest BCUT2D eigenvalue weighted by atomic mass is 16.5. The van der Waals surface area contributed by atoms with Gasteiger partial charge < -0.3 is 19.1 Å². The van der Waals surface area contributed by atoms with Crippen LogP contribution in [0.4, 0.5) is 0 Å². The van der Waals surface area contributed by atoms with Crippen molar-refractivity contribution < 1.29 is 14.6 Å². The lowest BCUT2D eigenvalue weighted by Gasteiger charge is -2.23. The first-order chi connectivity index (χ1) is 14.2. The number of methoxy groups -OCH3 is 2. The zero-order valence-corrected chi connectivity index (χ0v) is 16.9. The van der Waals surface area contributed by atoms with Gasteiger partial charge in [0.1, 0.15) is 11.5 Å². The Hall–Kier alpha value is -3.24. The molecule has 4 rings (SSSR count). The summed E-state index contributed by atoms with van der Waals surface area (Å²) in [5, 5.41) is 11.2. The number of ether oxygens (including phenoxy) is 2.